The van der Waals surface area contributed by atoms with Gasteiger partial charge in [0, 0.05) is 19.1 Å². The van der Waals surface area contributed by atoms with E-state index in [0.717, 1.165) is 18.4 Å². The van der Waals surface area contributed by atoms with Gasteiger partial charge < -0.3 is 10.4 Å². The number of nitrogens with zero attached hydrogens (tertiary/aromatic N) is 1. The number of benzene rings is 1. The van der Waals surface area contributed by atoms with E-state index in [1.54, 1.807) is 12.1 Å². The first-order chi connectivity index (χ1) is 10.1. The van der Waals surface area contributed by atoms with Crippen LogP contribution in [0.25, 0.3) is 0 Å². The van der Waals surface area contributed by atoms with Gasteiger partial charge in [0.15, 0.2) is 0 Å². The molecule has 0 heterocycles. The average molecular weight is 296 g/mol. The van der Waals surface area contributed by atoms with Crippen LogP contribution in [0, 0.1) is 5.82 Å². The number of amides is 1. The number of carbonyl (C=O) groups excluding carboxylic acids is 1. The fraction of sp³-hybridized carbons (Fsp3) is 0.562. The lowest BCUT2D eigenvalue weighted by Crippen LogP contribution is -2.43. The fourth-order valence-electron chi connectivity index (χ4n) is 2.37. The van der Waals surface area contributed by atoms with E-state index in [4.69, 9.17) is 5.11 Å². The molecule has 0 saturated heterocycles. The second-order valence-corrected chi connectivity index (χ2v) is 5.07. The van der Waals surface area contributed by atoms with Gasteiger partial charge in [-0.2, -0.15) is 0 Å². The Morgan fingerprint density at radius 3 is 2.43 bits per heavy atom. The van der Waals surface area contributed by atoms with Gasteiger partial charge >= 0.3 is 0 Å². The molecule has 2 N–H and O–H groups in total. The SMILES string of the molecule is CCC(CC)N(CCO)CC(=O)NCc1ccc(F)cc1. The highest BCUT2D eigenvalue weighted by Crippen LogP contribution is 2.08. The minimum absolute atomic E-state index is 0.0434. The van der Waals surface area contributed by atoms with Crippen molar-refractivity contribution in [3.05, 3.63) is 35.6 Å². The Bertz CT molecular complexity index is 419. The average Bonchev–Trinajstić information content (AvgIpc) is 2.48. The van der Waals surface area contributed by atoms with Gasteiger partial charge in [-0.15, -0.1) is 0 Å². The van der Waals surface area contributed by atoms with Gasteiger partial charge in [0.05, 0.1) is 13.2 Å². The topological polar surface area (TPSA) is 52.6 Å². The van der Waals surface area contributed by atoms with E-state index in [2.05, 4.69) is 19.2 Å². The third kappa shape index (κ3) is 6.23. The Morgan fingerprint density at radius 1 is 1.29 bits per heavy atom. The van der Waals surface area contributed by atoms with E-state index in [1.807, 2.05) is 4.90 Å². The van der Waals surface area contributed by atoms with E-state index >= 15 is 0 Å². The van der Waals surface area contributed by atoms with E-state index in [1.165, 1.54) is 12.1 Å². The smallest absolute Gasteiger partial charge is 0.234 e. The Hall–Kier alpha value is -1.46. The molecule has 0 saturated carbocycles. The van der Waals surface area contributed by atoms with Gasteiger partial charge in [0.25, 0.3) is 0 Å². The summed E-state index contributed by atoms with van der Waals surface area (Å²) in [5, 5.41) is 11.9. The molecule has 0 bridgehead atoms. The second kappa shape index (κ2) is 9.47. The molecule has 0 aliphatic heterocycles. The summed E-state index contributed by atoms with van der Waals surface area (Å²) in [5.74, 6) is -0.368. The lowest BCUT2D eigenvalue weighted by Gasteiger charge is -2.29. The zero-order chi connectivity index (χ0) is 15.7. The quantitative estimate of drug-likeness (QED) is 0.732. The molecule has 0 aliphatic rings. The predicted octanol–water partition coefficient (Wildman–Crippen LogP) is 1.92. The summed E-state index contributed by atoms with van der Waals surface area (Å²) in [4.78, 5) is 14.0. The Labute approximate surface area is 126 Å². The maximum atomic E-state index is 12.8. The number of hydrogen-bond donors (Lipinski definition) is 2. The molecule has 0 aromatic heterocycles. The number of aliphatic hydroxyl groups excluding tert-OH is 1. The molecule has 118 valence electrons. The fourth-order valence-corrected chi connectivity index (χ4v) is 2.37. The Morgan fingerprint density at radius 2 is 1.90 bits per heavy atom. The summed E-state index contributed by atoms with van der Waals surface area (Å²) in [5.41, 5.74) is 0.862. The van der Waals surface area contributed by atoms with Crippen molar-refractivity contribution in [3.8, 4) is 0 Å². The molecule has 0 aliphatic carbocycles. The number of halogens is 1. The molecule has 1 amide bonds. The van der Waals surface area contributed by atoms with Crippen LogP contribution in [-0.2, 0) is 11.3 Å². The first kappa shape index (κ1) is 17.6. The van der Waals surface area contributed by atoms with E-state index in [9.17, 15) is 9.18 Å². The van der Waals surface area contributed by atoms with Crippen LogP contribution < -0.4 is 5.32 Å². The van der Waals surface area contributed by atoms with Crippen LogP contribution in [0.4, 0.5) is 4.39 Å². The minimum Gasteiger partial charge on any atom is -0.395 e. The van der Waals surface area contributed by atoms with Crippen LogP contribution in [0.3, 0.4) is 0 Å². The first-order valence-electron chi connectivity index (χ1n) is 7.46. The molecule has 0 spiro atoms. The van der Waals surface area contributed by atoms with Gasteiger partial charge in [0.1, 0.15) is 5.82 Å². The molecule has 0 unspecified atom stereocenters. The summed E-state index contributed by atoms with van der Waals surface area (Å²) < 4.78 is 12.8. The van der Waals surface area contributed by atoms with Crippen molar-refractivity contribution >= 4 is 5.91 Å². The van der Waals surface area contributed by atoms with Crippen LogP contribution in [-0.4, -0.2) is 41.7 Å². The summed E-state index contributed by atoms with van der Waals surface area (Å²) >= 11 is 0. The highest BCUT2D eigenvalue weighted by Gasteiger charge is 2.17. The van der Waals surface area contributed by atoms with Crippen molar-refractivity contribution < 1.29 is 14.3 Å². The molecule has 1 aromatic carbocycles. The summed E-state index contributed by atoms with van der Waals surface area (Å²) in [6.45, 7) is 5.35. The standard InChI is InChI=1S/C16H25FN2O2/c1-3-15(4-2)19(9-10-20)12-16(21)18-11-13-5-7-14(17)8-6-13/h5-8,15,20H,3-4,9-12H2,1-2H3,(H,18,21). The maximum Gasteiger partial charge on any atom is 0.234 e. The maximum absolute atomic E-state index is 12.8. The highest BCUT2D eigenvalue weighted by atomic mass is 19.1. The van der Waals surface area contributed by atoms with Crippen molar-refractivity contribution in [3.63, 3.8) is 0 Å². The van der Waals surface area contributed by atoms with Crippen molar-refractivity contribution in [1.82, 2.24) is 10.2 Å². The van der Waals surface area contributed by atoms with Crippen LogP contribution in [0.15, 0.2) is 24.3 Å². The molecular weight excluding hydrogens is 271 g/mol. The largest absolute Gasteiger partial charge is 0.395 e. The van der Waals surface area contributed by atoms with E-state index in [0.29, 0.717) is 19.1 Å². The highest BCUT2D eigenvalue weighted by molar-refractivity contribution is 5.78. The molecule has 5 heteroatoms. The monoisotopic (exact) mass is 296 g/mol. The third-order valence-electron chi connectivity index (χ3n) is 3.60. The van der Waals surface area contributed by atoms with Crippen LogP contribution >= 0.6 is 0 Å². The normalized spacial score (nSPS) is 11.1. The van der Waals surface area contributed by atoms with E-state index < -0.39 is 0 Å². The van der Waals surface area contributed by atoms with Crippen molar-refractivity contribution in [2.45, 2.75) is 39.3 Å². The van der Waals surface area contributed by atoms with Crippen LogP contribution in [0.2, 0.25) is 0 Å². The molecule has 1 aromatic rings. The van der Waals surface area contributed by atoms with Gasteiger partial charge in [-0.25, -0.2) is 4.39 Å². The molecule has 0 fully saturated rings. The van der Waals surface area contributed by atoms with Gasteiger partial charge in [-0.05, 0) is 30.5 Å². The number of rotatable bonds is 9. The zero-order valence-electron chi connectivity index (χ0n) is 12.8. The predicted molar refractivity (Wildman–Crippen MR) is 81.3 cm³/mol. The third-order valence-corrected chi connectivity index (χ3v) is 3.60. The zero-order valence-corrected chi connectivity index (χ0v) is 12.8. The minimum atomic E-state index is -0.284. The van der Waals surface area contributed by atoms with Gasteiger partial charge in [-0.3, -0.25) is 9.69 Å². The molecule has 0 atom stereocenters. The Kier molecular flexibility index (Phi) is 7.93. The molecule has 4 nitrogen and oxygen atoms in total. The molecular formula is C16H25FN2O2. The number of aliphatic hydroxyl groups is 1. The lowest BCUT2D eigenvalue weighted by atomic mass is 10.1. The number of carbonyl (C=O) groups is 1. The summed E-state index contributed by atoms with van der Waals surface area (Å²) in [6.07, 6.45) is 1.89. The molecule has 1 rings (SSSR count). The van der Waals surface area contributed by atoms with Gasteiger partial charge in [-0.1, -0.05) is 26.0 Å². The Balaban J connectivity index is 2.47. The summed E-state index contributed by atoms with van der Waals surface area (Å²) in [7, 11) is 0. The first-order valence-corrected chi connectivity index (χ1v) is 7.46. The summed E-state index contributed by atoms with van der Waals surface area (Å²) in [6, 6.07) is 6.37. The molecule has 0 radical (unpaired) electrons. The number of nitrogens with one attached hydrogen (secondary N) is 1. The van der Waals surface area contributed by atoms with Crippen molar-refractivity contribution in [2.24, 2.45) is 0 Å². The van der Waals surface area contributed by atoms with Crippen LogP contribution in [0.1, 0.15) is 32.3 Å². The second-order valence-electron chi connectivity index (χ2n) is 5.07. The van der Waals surface area contributed by atoms with Crippen molar-refractivity contribution in [2.75, 3.05) is 19.7 Å². The van der Waals surface area contributed by atoms with E-state index in [-0.39, 0.29) is 24.9 Å². The van der Waals surface area contributed by atoms with Gasteiger partial charge in [0.2, 0.25) is 5.91 Å². The number of hydrogen-bond acceptors (Lipinski definition) is 3. The van der Waals surface area contributed by atoms with Crippen molar-refractivity contribution in [1.29, 1.82) is 0 Å². The van der Waals surface area contributed by atoms with Crippen LogP contribution in [0.5, 0.6) is 0 Å². The molecule has 21 heavy (non-hydrogen) atoms. The lowest BCUT2D eigenvalue weighted by molar-refractivity contribution is -0.123.